The van der Waals surface area contributed by atoms with Crippen LogP contribution in [0.5, 0.6) is 5.75 Å². The normalized spacial score (nSPS) is 26.0. The second kappa shape index (κ2) is 5.19. The van der Waals surface area contributed by atoms with Crippen molar-refractivity contribution in [2.24, 2.45) is 5.73 Å². The van der Waals surface area contributed by atoms with Crippen LogP contribution in [0.15, 0.2) is 12.1 Å². The molecule has 0 radical (unpaired) electrons. The molecule has 1 aromatic carbocycles. The summed E-state index contributed by atoms with van der Waals surface area (Å²) in [6, 6.07) is 3.32. The highest BCUT2D eigenvalue weighted by Gasteiger charge is 2.53. The molecule has 0 bridgehead atoms. The van der Waals surface area contributed by atoms with Gasteiger partial charge in [0.1, 0.15) is 21.9 Å². The number of aliphatic hydroxyl groups is 1. The number of Topliss-reactive ketones (excluding diaryl/α,β-unsaturated/α-hetero) is 1. The third-order valence-electron chi connectivity index (χ3n) is 3.75. The van der Waals surface area contributed by atoms with Gasteiger partial charge in [-0.25, -0.2) is 0 Å². The fourth-order valence-electron chi connectivity index (χ4n) is 2.24. The Hall–Kier alpha value is -1.63. The molecule has 2 atom stereocenters. The second-order valence-electron chi connectivity index (χ2n) is 5.66. The van der Waals surface area contributed by atoms with Crippen molar-refractivity contribution >= 4 is 21.7 Å². The molecule has 0 saturated carbocycles. The van der Waals surface area contributed by atoms with Crippen molar-refractivity contribution in [1.82, 2.24) is 0 Å². The smallest absolute Gasteiger partial charge is 0.454 e. The molecular weight excluding hydrogens is 381 g/mol. The molecule has 1 aliphatic heterocycles. The molecule has 124 valence electrons. The number of carbonyl (C=O) groups is 1. The van der Waals surface area contributed by atoms with E-state index in [-0.39, 0.29) is 11.3 Å². The fraction of sp³-hybridized carbons (Fsp3) is 0.429. The molecule has 2 unspecified atom stereocenters. The van der Waals surface area contributed by atoms with Gasteiger partial charge in [-0.2, -0.15) is 18.4 Å². The van der Waals surface area contributed by atoms with Gasteiger partial charge in [-0.05, 0) is 26.0 Å². The summed E-state index contributed by atoms with van der Waals surface area (Å²) >= 11 is 3.15. The van der Waals surface area contributed by atoms with Crippen LogP contribution in [0, 0.1) is 11.3 Å². The summed E-state index contributed by atoms with van der Waals surface area (Å²) in [7, 11) is 0. The Balaban J connectivity index is 2.68. The van der Waals surface area contributed by atoms with E-state index in [4.69, 9.17) is 15.7 Å². The highest BCUT2D eigenvalue weighted by Crippen LogP contribution is 2.49. The van der Waals surface area contributed by atoms with E-state index in [1.807, 2.05) is 0 Å². The monoisotopic (exact) mass is 392 g/mol. The first-order valence-corrected chi connectivity index (χ1v) is 7.16. The maximum Gasteiger partial charge on any atom is 0.454 e. The number of halogens is 4. The van der Waals surface area contributed by atoms with Crippen LogP contribution >= 0.6 is 15.9 Å². The average Bonchev–Trinajstić information content (AvgIpc) is 2.42. The summed E-state index contributed by atoms with van der Waals surface area (Å²) in [5.74, 6) is -2.29. The average molecular weight is 393 g/mol. The summed E-state index contributed by atoms with van der Waals surface area (Å²) < 4.78 is 42.1. The van der Waals surface area contributed by atoms with Crippen LogP contribution in [0.3, 0.4) is 0 Å². The molecule has 5 nitrogen and oxygen atoms in total. The third-order valence-corrected chi connectivity index (χ3v) is 5.14. The lowest BCUT2D eigenvalue weighted by Gasteiger charge is -2.47. The molecule has 23 heavy (non-hydrogen) atoms. The van der Waals surface area contributed by atoms with Crippen LogP contribution in [0.25, 0.3) is 0 Å². The quantitative estimate of drug-likeness (QED) is 0.434. The number of rotatable bonds is 1. The molecule has 0 spiro atoms. The molecule has 2 rings (SSSR count). The van der Waals surface area contributed by atoms with Gasteiger partial charge in [0.15, 0.2) is 0 Å². The van der Waals surface area contributed by atoms with E-state index >= 15 is 0 Å². The number of fused-ring (bicyclic) bond motifs is 1. The molecule has 1 heterocycles. The minimum atomic E-state index is -5.13. The topological polar surface area (TPSA) is 96.3 Å². The Kier molecular flexibility index (Phi) is 4.00. The predicted octanol–water partition coefficient (Wildman–Crippen LogP) is 2.56. The Bertz CT molecular complexity index is 723. The summed E-state index contributed by atoms with van der Waals surface area (Å²) in [5.41, 5.74) is 3.47. The van der Waals surface area contributed by atoms with Crippen molar-refractivity contribution < 1.29 is 27.8 Å². The number of nitrogens with two attached hydrogens (primary N) is 1. The predicted molar refractivity (Wildman–Crippen MR) is 77.1 cm³/mol. The number of alkyl halides is 4. The Labute approximate surface area is 138 Å². The van der Waals surface area contributed by atoms with Gasteiger partial charge >= 0.3 is 6.18 Å². The Morgan fingerprint density at radius 1 is 1.48 bits per heavy atom. The first-order valence-electron chi connectivity index (χ1n) is 6.37. The molecule has 0 aliphatic carbocycles. The van der Waals surface area contributed by atoms with Gasteiger partial charge in [0.05, 0.1) is 11.6 Å². The van der Waals surface area contributed by atoms with Gasteiger partial charge in [0.25, 0.3) is 5.78 Å². The largest absolute Gasteiger partial charge is 0.484 e. The van der Waals surface area contributed by atoms with Crippen molar-refractivity contribution in [3.8, 4) is 11.8 Å². The number of hydrogen-bond acceptors (Lipinski definition) is 5. The zero-order valence-corrected chi connectivity index (χ0v) is 13.6. The lowest BCUT2D eigenvalue weighted by Crippen LogP contribution is -2.61. The summed E-state index contributed by atoms with van der Waals surface area (Å²) in [6.07, 6.45) is -6.49. The van der Waals surface area contributed by atoms with Crippen molar-refractivity contribution in [2.75, 3.05) is 0 Å². The number of ketones is 1. The zero-order valence-electron chi connectivity index (χ0n) is 12.0. The van der Waals surface area contributed by atoms with E-state index in [1.165, 1.54) is 19.9 Å². The maximum absolute atomic E-state index is 12.7. The number of carbonyl (C=O) groups excluding carboxylic acids is 1. The minimum Gasteiger partial charge on any atom is -0.484 e. The second-order valence-corrected chi connectivity index (χ2v) is 6.97. The van der Waals surface area contributed by atoms with Crippen molar-refractivity contribution in [3.63, 3.8) is 0 Å². The van der Waals surface area contributed by atoms with Crippen LogP contribution in [-0.4, -0.2) is 27.1 Å². The third kappa shape index (κ3) is 2.71. The molecule has 1 aliphatic rings. The van der Waals surface area contributed by atoms with E-state index in [9.17, 15) is 23.1 Å². The highest BCUT2D eigenvalue weighted by atomic mass is 79.9. The van der Waals surface area contributed by atoms with Gasteiger partial charge in [-0.15, -0.1) is 0 Å². The van der Waals surface area contributed by atoms with Crippen molar-refractivity contribution in [3.05, 3.63) is 28.8 Å². The van der Waals surface area contributed by atoms with Crippen LogP contribution in [0.4, 0.5) is 13.2 Å². The van der Waals surface area contributed by atoms with Crippen molar-refractivity contribution in [1.29, 1.82) is 5.26 Å². The van der Waals surface area contributed by atoms with Gasteiger partial charge in [0.2, 0.25) is 0 Å². The Morgan fingerprint density at radius 3 is 2.52 bits per heavy atom. The first-order chi connectivity index (χ1) is 10.3. The molecule has 0 saturated heterocycles. The zero-order chi connectivity index (χ0) is 17.8. The molecule has 0 aromatic heterocycles. The number of aliphatic hydroxyl groups excluding tert-OH is 1. The van der Waals surface area contributed by atoms with Crippen molar-refractivity contribution in [2.45, 2.75) is 36.2 Å². The van der Waals surface area contributed by atoms with E-state index in [0.717, 1.165) is 12.1 Å². The molecular formula is C14H12BrF3N2O3. The SMILES string of the molecule is CC1(C)Oc2cc(C(=O)C(F)(F)F)c(C#N)cc2C(O)C1(N)Br. The van der Waals surface area contributed by atoms with Gasteiger partial charge in [0, 0.05) is 11.1 Å². The molecule has 3 N–H and O–H groups in total. The number of nitrogens with zero attached hydrogens (tertiary/aromatic N) is 1. The summed E-state index contributed by atoms with van der Waals surface area (Å²) in [5, 5.41) is 19.4. The van der Waals surface area contributed by atoms with E-state index in [2.05, 4.69) is 15.9 Å². The standard InChI is InChI=1S/C14H12BrF3N2O3/c1-12(2)13(15,20)10(21)8-3-6(5-19)7(4-9(8)23-12)11(22)14(16,17)18/h3-4,10,21H,20H2,1-2H3. The lowest BCUT2D eigenvalue weighted by molar-refractivity contribution is -0.0885. The van der Waals surface area contributed by atoms with Crippen LogP contribution in [0.1, 0.15) is 41.4 Å². The summed E-state index contributed by atoms with van der Waals surface area (Å²) in [4.78, 5) is 11.5. The van der Waals surface area contributed by atoms with Crippen LogP contribution in [-0.2, 0) is 0 Å². The molecule has 1 aromatic rings. The first kappa shape index (κ1) is 17.7. The number of benzene rings is 1. The number of ether oxygens (including phenoxy) is 1. The fourth-order valence-corrected chi connectivity index (χ4v) is 2.57. The van der Waals surface area contributed by atoms with E-state index in [1.54, 1.807) is 0 Å². The van der Waals surface area contributed by atoms with E-state index in [0.29, 0.717) is 0 Å². The van der Waals surface area contributed by atoms with Crippen LogP contribution in [0.2, 0.25) is 0 Å². The molecule has 9 heteroatoms. The number of hydrogen-bond donors (Lipinski definition) is 2. The Morgan fingerprint density at radius 2 is 2.04 bits per heavy atom. The number of nitriles is 1. The van der Waals surface area contributed by atoms with Gasteiger partial charge in [-0.3, -0.25) is 4.79 Å². The molecule has 0 amide bonds. The highest BCUT2D eigenvalue weighted by molar-refractivity contribution is 9.10. The van der Waals surface area contributed by atoms with Gasteiger partial charge in [-0.1, -0.05) is 15.9 Å². The lowest BCUT2D eigenvalue weighted by atomic mass is 9.85. The van der Waals surface area contributed by atoms with Crippen LogP contribution < -0.4 is 10.5 Å². The van der Waals surface area contributed by atoms with Gasteiger partial charge < -0.3 is 15.6 Å². The van der Waals surface area contributed by atoms with E-state index < -0.39 is 39.2 Å². The molecule has 0 fully saturated rings. The minimum absolute atomic E-state index is 0.0268. The summed E-state index contributed by atoms with van der Waals surface area (Å²) in [6.45, 7) is 3.05. The maximum atomic E-state index is 12.7.